The van der Waals surface area contributed by atoms with Crippen LogP contribution in [0.1, 0.15) is 20.3 Å². The third-order valence-electron chi connectivity index (χ3n) is 2.29. The highest BCUT2D eigenvalue weighted by Crippen LogP contribution is 2.35. The average molecular weight is 259 g/mol. The molecule has 1 rings (SSSR count). The fourth-order valence-electron chi connectivity index (χ4n) is 1.42. The molecule has 0 aromatic carbocycles. The van der Waals surface area contributed by atoms with Crippen molar-refractivity contribution in [3.05, 3.63) is 24.3 Å². The summed E-state index contributed by atoms with van der Waals surface area (Å²) >= 11 is 3.59. The lowest BCUT2D eigenvalue weighted by Crippen LogP contribution is -2.28. The van der Waals surface area contributed by atoms with E-state index < -0.39 is 0 Å². The summed E-state index contributed by atoms with van der Waals surface area (Å²) in [5, 5.41) is 0. The highest BCUT2D eigenvalue weighted by atomic mass is 79.9. The van der Waals surface area contributed by atoms with E-state index in [1.54, 1.807) is 0 Å². The molecule has 1 aliphatic rings. The molecule has 2 atom stereocenters. The molecular formula is C11H15BrO2. The van der Waals surface area contributed by atoms with Crippen molar-refractivity contribution in [2.45, 2.75) is 24.6 Å². The highest BCUT2D eigenvalue weighted by Gasteiger charge is 2.30. The SMILES string of the molecule is CCOC(=O)CC1C=CC=CC1(C)Br. The Hall–Kier alpha value is -0.570. The van der Waals surface area contributed by atoms with Crippen LogP contribution >= 0.6 is 15.9 Å². The van der Waals surface area contributed by atoms with Crippen LogP contribution in [0, 0.1) is 5.92 Å². The van der Waals surface area contributed by atoms with Gasteiger partial charge in [-0.2, -0.15) is 0 Å². The third kappa shape index (κ3) is 2.98. The number of rotatable bonds is 3. The molecule has 0 amide bonds. The lowest BCUT2D eigenvalue weighted by atomic mass is 9.87. The van der Waals surface area contributed by atoms with Crippen molar-refractivity contribution in [1.29, 1.82) is 0 Å². The Morgan fingerprint density at radius 3 is 2.86 bits per heavy atom. The van der Waals surface area contributed by atoms with Crippen molar-refractivity contribution in [3.63, 3.8) is 0 Å². The topological polar surface area (TPSA) is 26.3 Å². The number of ether oxygens (including phenoxy) is 1. The quantitative estimate of drug-likeness (QED) is 0.575. The number of carbonyl (C=O) groups is 1. The zero-order chi connectivity index (χ0) is 10.6. The van der Waals surface area contributed by atoms with Crippen LogP contribution in [0.2, 0.25) is 0 Å². The minimum atomic E-state index is -0.136. The summed E-state index contributed by atoms with van der Waals surface area (Å²) < 4.78 is 4.79. The molecule has 0 radical (unpaired) electrons. The molecule has 2 nitrogen and oxygen atoms in total. The summed E-state index contributed by atoms with van der Waals surface area (Å²) in [6.45, 7) is 4.32. The van der Waals surface area contributed by atoms with Gasteiger partial charge < -0.3 is 4.74 Å². The zero-order valence-corrected chi connectivity index (χ0v) is 10.1. The van der Waals surface area contributed by atoms with E-state index in [1.807, 2.05) is 25.2 Å². The standard InChI is InChI=1S/C11H15BrO2/c1-3-14-10(13)8-9-6-4-5-7-11(9,2)12/h4-7,9H,3,8H2,1-2H3. The van der Waals surface area contributed by atoms with E-state index in [1.165, 1.54) is 0 Å². The van der Waals surface area contributed by atoms with E-state index >= 15 is 0 Å². The second-order valence-corrected chi connectivity index (χ2v) is 5.22. The van der Waals surface area contributed by atoms with Crippen LogP contribution in [-0.4, -0.2) is 16.9 Å². The van der Waals surface area contributed by atoms with E-state index in [9.17, 15) is 4.79 Å². The Labute approximate surface area is 93.1 Å². The number of esters is 1. The van der Waals surface area contributed by atoms with Crippen molar-refractivity contribution in [2.75, 3.05) is 6.61 Å². The van der Waals surface area contributed by atoms with Crippen LogP contribution in [0.3, 0.4) is 0 Å². The van der Waals surface area contributed by atoms with Gasteiger partial charge in [-0.25, -0.2) is 0 Å². The second kappa shape index (κ2) is 4.78. The predicted octanol–water partition coefficient (Wildman–Crippen LogP) is 2.84. The molecule has 0 aliphatic heterocycles. The van der Waals surface area contributed by atoms with Crippen molar-refractivity contribution in [3.8, 4) is 0 Å². The lowest BCUT2D eigenvalue weighted by Gasteiger charge is -2.28. The van der Waals surface area contributed by atoms with Crippen LogP contribution in [0.5, 0.6) is 0 Å². The van der Waals surface area contributed by atoms with Crippen molar-refractivity contribution < 1.29 is 9.53 Å². The maximum atomic E-state index is 11.3. The molecule has 0 fully saturated rings. The first-order chi connectivity index (χ1) is 6.56. The molecule has 0 bridgehead atoms. The van der Waals surface area contributed by atoms with Gasteiger partial charge in [0.05, 0.1) is 13.0 Å². The number of alkyl halides is 1. The Kier molecular flexibility index (Phi) is 3.93. The summed E-state index contributed by atoms with van der Waals surface area (Å²) in [7, 11) is 0. The molecule has 0 heterocycles. The Morgan fingerprint density at radius 1 is 1.57 bits per heavy atom. The first kappa shape index (κ1) is 11.5. The third-order valence-corrected chi connectivity index (χ3v) is 3.15. The van der Waals surface area contributed by atoms with Crippen LogP contribution < -0.4 is 0 Å². The molecule has 0 saturated carbocycles. The molecule has 0 aromatic rings. The van der Waals surface area contributed by atoms with Gasteiger partial charge in [0.2, 0.25) is 0 Å². The summed E-state index contributed by atoms with van der Waals surface area (Å²) in [6, 6.07) is 0. The van der Waals surface area contributed by atoms with Gasteiger partial charge in [-0.05, 0) is 13.8 Å². The molecule has 2 unspecified atom stereocenters. The Morgan fingerprint density at radius 2 is 2.29 bits per heavy atom. The Bertz CT molecular complexity index is 266. The predicted molar refractivity (Wildman–Crippen MR) is 60.4 cm³/mol. The van der Waals surface area contributed by atoms with Gasteiger partial charge in [0.15, 0.2) is 0 Å². The van der Waals surface area contributed by atoms with Gasteiger partial charge in [-0.1, -0.05) is 40.2 Å². The van der Waals surface area contributed by atoms with Crippen molar-refractivity contribution in [1.82, 2.24) is 0 Å². The van der Waals surface area contributed by atoms with Crippen molar-refractivity contribution >= 4 is 21.9 Å². The molecule has 0 spiro atoms. The molecule has 0 N–H and O–H groups in total. The maximum Gasteiger partial charge on any atom is 0.306 e. The second-order valence-electron chi connectivity index (χ2n) is 3.51. The zero-order valence-electron chi connectivity index (χ0n) is 8.50. The van der Waals surface area contributed by atoms with Gasteiger partial charge in [0.25, 0.3) is 0 Å². The monoisotopic (exact) mass is 258 g/mol. The van der Waals surface area contributed by atoms with Gasteiger partial charge >= 0.3 is 5.97 Å². The fourth-order valence-corrected chi connectivity index (χ4v) is 1.89. The van der Waals surface area contributed by atoms with Gasteiger partial charge in [0.1, 0.15) is 0 Å². The lowest BCUT2D eigenvalue weighted by molar-refractivity contribution is -0.143. The van der Waals surface area contributed by atoms with Crippen LogP contribution in [0.25, 0.3) is 0 Å². The summed E-state index contributed by atoms with van der Waals surface area (Å²) in [5.74, 6) is 0.0367. The van der Waals surface area contributed by atoms with Gasteiger partial charge in [-0.15, -0.1) is 0 Å². The molecule has 3 heteroatoms. The number of carbonyl (C=O) groups excluding carboxylic acids is 1. The average Bonchev–Trinajstić information content (AvgIpc) is 2.09. The first-order valence-corrected chi connectivity index (χ1v) is 5.56. The summed E-state index contributed by atoms with van der Waals surface area (Å²) in [6.07, 6.45) is 8.46. The van der Waals surface area contributed by atoms with E-state index in [0.717, 1.165) is 0 Å². The largest absolute Gasteiger partial charge is 0.466 e. The highest BCUT2D eigenvalue weighted by molar-refractivity contribution is 9.10. The van der Waals surface area contributed by atoms with Crippen LogP contribution in [0.15, 0.2) is 24.3 Å². The molecule has 78 valence electrons. The number of allylic oxidation sites excluding steroid dienone is 4. The Balaban J connectivity index is 2.56. The number of hydrogen-bond donors (Lipinski definition) is 0. The molecule has 14 heavy (non-hydrogen) atoms. The molecule has 0 saturated heterocycles. The smallest absolute Gasteiger partial charge is 0.306 e. The first-order valence-electron chi connectivity index (χ1n) is 4.77. The van der Waals surface area contributed by atoms with E-state index in [2.05, 4.69) is 28.9 Å². The van der Waals surface area contributed by atoms with Crippen LogP contribution in [-0.2, 0) is 9.53 Å². The molecule has 0 aromatic heterocycles. The van der Waals surface area contributed by atoms with Gasteiger partial charge in [-0.3, -0.25) is 4.79 Å². The summed E-state index contributed by atoms with van der Waals surface area (Å²) in [5.41, 5.74) is 0. The van der Waals surface area contributed by atoms with Crippen LogP contribution in [0.4, 0.5) is 0 Å². The number of halogens is 1. The molecule has 1 aliphatic carbocycles. The molecular weight excluding hydrogens is 244 g/mol. The van der Waals surface area contributed by atoms with E-state index in [4.69, 9.17) is 4.74 Å². The minimum Gasteiger partial charge on any atom is -0.466 e. The number of hydrogen-bond acceptors (Lipinski definition) is 2. The minimum absolute atomic E-state index is 0.130. The maximum absolute atomic E-state index is 11.3. The van der Waals surface area contributed by atoms with Crippen molar-refractivity contribution in [2.24, 2.45) is 5.92 Å². The van der Waals surface area contributed by atoms with E-state index in [0.29, 0.717) is 13.0 Å². The van der Waals surface area contributed by atoms with E-state index in [-0.39, 0.29) is 16.2 Å². The normalized spacial score (nSPS) is 30.4. The summed E-state index contributed by atoms with van der Waals surface area (Å²) in [4.78, 5) is 11.3. The van der Waals surface area contributed by atoms with Gasteiger partial charge in [0, 0.05) is 10.2 Å². The fraction of sp³-hybridized carbons (Fsp3) is 0.545.